The van der Waals surface area contributed by atoms with Gasteiger partial charge in [-0.1, -0.05) is 18.1 Å². The molecule has 5 heteroatoms. The summed E-state index contributed by atoms with van der Waals surface area (Å²) in [6, 6.07) is 7.15. The highest BCUT2D eigenvalue weighted by Crippen LogP contribution is 2.12. The van der Waals surface area contributed by atoms with Gasteiger partial charge in [0.15, 0.2) is 5.11 Å². The van der Waals surface area contributed by atoms with Crippen LogP contribution in [0.15, 0.2) is 24.3 Å². The van der Waals surface area contributed by atoms with E-state index in [1.165, 1.54) is 0 Å². The highest BCUT2D eigenvalue weighted by molar-refractivity contribution is 7.80. The molecular weight excluding hydrogens is 236 g/mol. The standard InChI is InChI=1S/C12H12N2O2S/c1-2-16-11(15)8-7-9-5-3-4-6-10(9)14-12(13)17/h3-6H,2H2,1H3,(H3,13,14,17). The predicted octanol–water partition coefficient (Wildman–Crippen LogP) is 1.26. The van der Waals surface area contributed by atoms with Crippen molar-refractivity contribution in [1.82, 2.24) is 0 Å². The maximum absolute atomic E-state index is 11.1. The Morgan fingerprint density at radius 3 is 2.88 bits per heavy atom. The Balaban J connectivity index is 2.90. The number of hydrogen-bond donors (Lipinski definition) is 2. The summed E-state index contributed by atoms with van der Waals surface area (Å²) in [6.45, 7) is 2.03. The monoisotopic (exact) mass is 248 g/mol. The number of para-hydroxylation sites is 1. The fourth-order valence-electron chi connectivity index (χ4n) is 1.12. The molecule has 4 nitrogen and oxygen atoms in total. The summed E-state index contributed by atoms with van der Waals surface area (Å²) >= 11 is 4.74. The molecule has 0 unspecified atom stereocenters. The lowest BCUT2D eigenvalue weighted by molar-refractivity contribution is -0.136. The van der Waals surface area contributed by atoms with Gasteiger partial charge in [-0.3, -0.25) is 0 Å². The fourth-order valence-corrected chi connectivity index (χ4v) is 1.23. The number of hydrogen-bond acceptors (Lipinski definition) is 3. The molecule has 0 amide bonds. The molecule has 88 valence electrons. The van der Waals surface area contributed by atoms with E-state index in [1.54, 1.807) is 25.1 Å². The Labute approximate surface area is 105 Å². The number of carbonyl (C=O) groups excluding carboxylic acids is 1. The van der Waals surface area contributed by atoms with Crippen LogP contribution >= 0.6 is 12.2 Å². The third-order valence-corrected chi connectivity index (χ3v) is 1.86. The average Bonchev–Trinajstić information content (AvgIpc) is 2.27. The van der Waals surface area contributed by atoms with Crippen LogP contribution < -0.4 is 11.1 Å². The quantitative estimate of drug-likeness (QED) is 0.468. The highest BCUT2D eigenvalue weighted by Gasteiger charge is 1.99. The normalized spacial score (nSPS) is 8.76. The highest BCUT2D eigenvalue weighted by atomic mass is 32.1. The Morgan fingerprint density at radius 1 is 1.53 bits per heavy atom. The van der Waals surface area contributed by atoms with Crippen LogP contribution in [0.5, 0.6) is 0 Å². The zero-order valence-corrected chi connectivity index (χ0v) is 10.1. The van der Waals surface area contributed by atoms with Crippen LogP contribution in [0, 0.1) is 11.8 Å². The van der Waals surface area contributed by atoms with Crippen LogP contribution in [0.4, 0.5) is 5.69 Å². The smallest absolute Gasteiger partial charge is 0.384 e. The topological polar surface area (TPSA) is 64.3 Å². The Kier molecular flexibility index (Phi) is 4.98. The number of anilines is 1. The zero-order valence-electron chi connectivity index (χ0n) is 9.32. The van der Waals surface area contributed by atoms with Gasteiger partial charge in [0.2, 0.25) is 0 Å². The van der Waals surface area contributed by atoms with E-state index in [9.17, 15) is 4.79 Å². The maximum Gasteiger partial charge on any atom is 0.384 e. The van der Waals surface area contributed by atoms with Gasteiger partial charge in [0.25, 0.3) is 0 Å². The van der Waals surface area contributed by atoms with Crippen molar-refractivity contribution >= 4 is 29.0 Å². The lowest BCUT2D eigenvalue weighted by Crippen LogP contribution is -2.19. The molecule has 0 spiro atoms. The summed E-state index contributed by atoms with van der Waals surface area (Å²) in [5.41, 5.74) is 6.67. The van der Waals surface area contributed by atoms with Crippen LogP contribution in [0.1, 0.15) is 12.5 Å². The second kappa shape index (κ2) is 6.51. The van der Waals surface area contributed by atoms with E-state index >= 15 is 0 Å². The molecule has 0 atom stereocenters. The average molecular weight is 248 g/mol. The van der Waals surface area contributed by atoms with Gasteiger partial charge in [-0.25, -0.2) is 4.79 Å². The minimum atomic E-state index is -0.558. The van der Waals surface area contributed by atoms with Gasteiger partial charge in [-0.15, -0.1) is 0 Å². The molecule has 0 aliphatic heterocycles. The first-order valence-electron chi connectivity index (χ1n) is 4.97. The number of carbonyl (C=O) groups is 1. The molecule has 1 rings (SSSR count). The first kappa shape index (κ1) is 13.0. The van der Waals surface area contributed by atoms with E-state index in [2.05, 4.69) is 17.2 Å². The van der Waals surface area contributed by atoms with E-state index in [0.29, 0.717) is 17.9 Å². The Bertz CT molecular complexity index is 489. The molecule has 0 heterocycles. The van der Waals surface area contributed by atoms with Crippen LogP contribution in [0.2, 0.25) is 0 Å². The lowest BCUT2D eigenvalue weighted by atomic mass is 10.2. The number of esters is 1. The second-order valence-corrected chi connectivity index (χ2v) is 3.45. The molecule has 1 aromatic rings. The molecule has 0 aliphatic rings. The Morgan fingerprint density at radius 2 is 2.24 bits per heavy atom. The van der Waals surface area contributed by atoms with Gasteiger partial charge >= 0.3 is 5.97 Å². The molecule has 1 aromatic carbocycles. The van der Waals surface area contributed by atoms with Crippen LogP contribution in [0.3, 0.4) is 0 Å². The summed E-state index contributed by atoms with van der Waals surface area (Å²) < 4.78 is 4.70. The van der Waals surface area contributed by atoms with E-state index in [4.69, 9.17) is 22.7 Å². The summed E-state index contributed by atoms with van der Waals surface area (Å²) in [4.78, 5) is 11.1. The molecule has 0 bridgehead atoms. The molecule has 17 heavy (non-hydrogen) atoms. The van der Waals surface area contributed by atoms with Crippen molar-refractivity contribution in [1.29, 1.82) is 0 Å². The van der Waals surface area contributed by atoms with Gasteiger partial charge in [0, 0.05) is 11.5 Å². The van der Waals surface area contributed by atoms with Gasteiger partial charge in [-0.2, -0.15) is 0 Å². The van der Waals surface area contributed by atoms with E-state index in [0.717, 1.165) is 0 Å². The first-order chi connectivity index (χ1) is 8.13. The SMILES string of the molecule is CCOC(=O)C#Cc1ccccc1NC(N)=S. The van der Waals surface area contributed by atoms with E-state index < -0.39 is 5.97 Å². The van der Waals surface area contributed by atoms with Crippen molar-refractivity contribution < 1.29 is 9.53 Å². The number of thiocarbonyl (C=S) groups is 1. The first-order valence-corrected chi connectivity index (χ1v) is 5.38. The molecule has 0 saturated heterocycles. The molecule has 0 saturated carbocycles. The number of benzene rings is 1. The third kappa shape index (κ3) is 4.53. The zero-order chi connectivity index (χ0) is 12.7. The van der Waals surface area contributed by atoms with Gasteiger partial charge < -0.3 is 15.8 Å². The van der Waals surface area contributed by atoms with Crippen molar-refractivity contribution in [3.05, 3.63) is 29.8 Å². The molecular formula is C12H12N2O2S. The predicted molar refractivity (Wildman–Crippen MR) is 70.4 cm³/mol. The fraction of sp³-hybridized carbons (Fsp3) is 0.167. The van der Waals surface area contributed by atoms with E-state index in [-0.39, 0.29) is 5.11 Å². The second-order valence-electron chi connectivity index (χ2n) is 3.01. The molecule has 0 radical (unpaired) electrons. The molecule has 0 fully saturated rings. The number of ether oxygens (including phenoxy) is 1. The van der Waals surface area contributed by atoms with Crippen molar-refractivity contribution in [2.24, 2.45) is 5.73 Å². The minimum Gasteiger partial charge on any atom is -0.456 e. The lowest BCUT2D eigenvalue weighted by Gasteiger charge is -2.05. The van der Waals surface area contributed by atoms with Crippen molar-refractivity contribution in [2.45, 2.75) is 6.92 Å². The van der Waals surface area contributed by atoms with Crippen LogP contribution in [0.25, 0.3) is 0 Å². The molecule has 0 aliphatic carbocycles. The minimum absolute atomic E-state index is 0.149. The van der Waals surface area contributed by atoms with Crippen LogP contribution in [-0.4, -0.2) is 17.7 Å². The largest absolute Gasteiger partial charge is 0.456 e. The Hall–Kier alpha value is -2.06. The van der Waals surface area contributed by atoms with Crippen molar-refractivity contribution in [3.8, 4) is 11.8 Å². The number of nitrogens with two attached hydrogens (primary N) is 1. The summed E-state index contributed by atoms with van der Waals surface area (Å²) in [5, 5.41) is 2.93. The molecule has 0 aromatic heterocycles. The van der Waals surface area contributed by atoms with Crippen molar-refractivity contribution in [3.63, 3.8) is 0 Å². The summed E-state index contributed by atoms with van der Waals surface area (Å²) in [7, 11) is 0. The van der Waals surface area contributed by atoms with Gasteiger partial charge in [0.05, 0.1) is 12.3 Å². The van der Waals surface area contributed by atoms with Gasteiger partial charge in [0.1, 0.15) is 0 Å². The number of nitrogens with one attached hydrogen (secondary N) is 1. The van der Waals surface area contributed by atoms with Crippen LogP contribution in [-0.2, 0) is 9.53 Å². The summed E-state index contributed by atoms with van der Waals surface area (Å²) in [6.07, 6.45) is 0. The number of rotatable bonds is 2. The van der Waals surface area contributed by atoms with Crippen molar-refractivity contribution in [2.75, 3.05) is 11.9 Å². The third-order valence-electron chi connectivity index (χ3n) is 1.76. The maximum atomic E-state index is 11.1. The summed E-state index contributed by atoms with van der Waals surface area (Å²) in [5.74, 6) is 4.52. The molecule has 3 N–H and O–H groups in total. The van der Waals surface area contributed by atoms with E-state index in [1.807, 2.05) is 6.07 Å². The van der Waals surface area contributed by atoms with Gasteiger partial charge in [-0.05, 0) is 31.3 Å².